The molecule has 0 radical (unpaired) electrons. The number of amides is 1. The summed E-state index contributed by atoms with van der Waals surface area (Å²) < 4.78 is 14.3. The lowest BCUT2D eigenvalue weighted by molar-refractivity contribution is 0.102. The van der Waals surface area contributed by atoms with Crippen LogP contribution in [0.3, 0.4) is 0 Å². The third kappa shape index (κ3) is 5.58. The number of halogens is 3. The highest BCUT2D eigenvalue weighted by molar-refractivity contribution is 6.31. The quantitative estimate of drug-likeness (QED) is 0.463. The fourth-order valence-corrected chi connectivity index (χ4v) is 4.25. The number of piperidine rings is 1. The minimum atomic E-state index is -0.573. The van der Waals surface area contributed by atoms with E-state index in [1.807, 2.05) is 6.92 Å². The molecule has 0 bridgehead atoms. The van der Waals surface area contributed by atoms with Gasteiger partial charge in [0, 0.05) is 36.0 Å². The maximum atomic E-state index is 14.3. The van der Waals surface area contributed by atoms with Crippen LogP contribution in [0.2, 0.25) is 10.2 Å². The van der Waals surface area contributed by atoms with E-state index in [1.54, 1.807) is 42.6 Å². The van der Waals surface area contributed by atoms with Gasteiger partial charge < -0.3 is 10.6 Å². The zero-order valence-corrected chi connectivity index (χ0v) is 19.4. The van der Waals surface area contributed by atoms with Crippen LogP contribution in [-0.2, 0) is 0 Å². The zero-order valence-electron chi connectivity index (χ0n) is 17.9. The summed E-state index contributed by atoms with van der Waals surface area (Å²) in [4.78, 5) is 27.2. The first kappa shape index (κ1) is 23.4. The van der Waals surface area contributed by atoms with Gasteiger partial charge in [0.1, 0.15) is 12.1 Å². The summed E-state index contributed by atoms with van der Waals surface area (Å²) in [6.45, 7) is 3.38. The van der Waals surface area contributed by atoms with Crippen LogP contribution < -0.4 is 10.6 Å². The lowest BCUT2D eigenvalue weighted by atomic mass is 10.0. The molecule has 33 heavy (non-hydrogen) atoms. The average molecular weight is 489 g/mol. The van der Waals surface area contributed by atoms with E-state index in [9.17, 15) is 9.18 Å². The first-order valence-corrected chi connectivity index (χ1v) is 11.4. The van der Waals surface area contributed by atoms with E-state index in [-0.39, 0.29) is 23.1 Å². The molecule has 10 heteroatoms. The number of likely N-dealkylation sites (tertiary alicyclic amines) is 1. The first-order chi connectivity index (χ1) is 15.9. The number of pyridine rings is 1. The van der Waals surface area contributed by atoms with Crippen molar-refractivity contribution in [1.29, 1.82) is 0 Å². The van der Waals surface area contributed by atoms with Crippen molar-refractivity contribution >= 4 is 40.6 Å². The molecule has 1 fully saturated rings. The molecule has 1 amide bonds. The highest BCUT2D eigenvalue weighted by Crippen LogP contribution is 2.28. The minimum Gasteiger partial charge on any atom is -0.367 e. The standard InChI is InChI=1S/C23H23Cl2FN6O/c1-14(20-19(26)21(25)29-13-28-20)32-10-7-16(8-11-32)30-22-18(6-3-9-27-22)23(33)31-17-5-2-4-15(24)12-17/h2-6,9,12-14,16H,7-8,10-11H2,1H3,(H,27,30)(H,31,33). The molecule has 172 valence electrons. The van der Waals surface area contributed by atoms with Crippen LogP contribution in [0.25, 0.3) is 0 Å². The summed E-state index contributed by atoms with van der Waals surface area (Å²) in [7, 11) is 0. The molecule has 2 aromatic heterocycles. The average Bonchev–Trinajstić information content (AvgIpc) is 2.81. The van der Waals surface area contributed by atoms with Crippen molar-refractivity contribution < 1.29 is 9.18 Å². The SMILES string of the molecule is CC(c1ncnc(Cl)c1F)N1CCC(Nc2ncccc2C(=O)Nc2cccc(Cl)c2)CC1. The van der Waals surface area contributed by atoms with E-state index in [0.29, 0.717) is 27.8 Å². The summed E-state index contributed by atoms with van der Waals surface area (Å²) in [5.74, 6) is -0.317. The number of aromatic nitrogens is 3. The fraction of sp³-hybridized carbons (Fsp3) is 0.304. The Kier molecular flexibility index (Phi) is 7.37. The van der Waals surface area contributed by atoms with Crippen molar-refractivity contribution in [3.05, 3.63) is 76.2 Å². The highest BCUT2D eigenvalue weighted by atomic mass is 35.5. The molecule has 2 N–H and O–H groups in total. The maximum Gasteiger partial charge on any atom is 0.259 e. The number of hydrogen-bond donors (Lipinski definition) is 2. The Hall–Kier alpha value is -2.81. The number of carbonyl (C=O) groups excluding carboxylic acids is 1. The summed E-state index contributed by atoms with van der Waals surface area (Å²) >= 11 is 11.8. The molecule has 7 nitrogen and oxygen atoms in total. The molecular formula is C23H23Cl2FN6O. The number of anilines is 2. The second kappa shape index (κ2) is 10.4. The molecule has 0 spiro atoms. The molecule has 4 rings (SSSR count). The summed E-state index contributed by atoms with van der Waals surface area (Å²) in [5, 5.41) is 6.64. The van der Waals surface area contributed by atoms with Gasteiger partial charge in [-0.3, -0.25) is 9.69 Å². The Bertz CT molecular complexity index is 1140. The number of nitrogens with one attached hydrogen (secondary N) is 2. The molecule has 1 aromatic carbocycles. The van der Waals surface area contributed by atoms with E-state index < -0.39 is 5.82 Å². The van der Waals surface area contributed by atoms with Gasteiger partial charge in [-0.15, -0.1) is 0 Å². The van der Waals surface area contributed by atoms with E-state index >= 15 is 0 Å². The molecule has 3 heterocycles. The number of hydrogen-bond acceptors (Lipinski definition) is 6. The Balaban J connectivity index is 1.39. The fourth-order valence-electron chi connectivity index (χ4n) is 3.92. The smallest absolute Gasteiger partial charge is 0.259 e. The Labute approximate surface area is 201 Å². The third-order valence-electron chi connectivity index (χ3n) is 5.72. The number of carbonyl (C=O) groups is 1. The Morgan fingerprint density at radius 2 is 1.94 bits per heavy atom. The minimum absolute atomic E-state index is 0.125. The van der Waals surface area contributed by atoms with Gasteiger partial charge in [-0.1, -0.05) is 29.3 Å². The normalized spacial score (nSPS) is 15.8. The molecule has 0 aliphatic carbocycles. The monoisotopic (exact) mass is 488 g/mol. The second-order valence-electron chi connectivity index (χ2n) is 7.86. The van der Waals surface area contributed by atoms with Gasteiger partial charge in [0.2, 0.25) is 0 Å². The summed E-state index contributed by atoms with van der Waals surface area (Å²) in [5.41, 5.74) is 1.36. The Morgan fingerprint density at radius 1 is 1.15 bits per heavy atom. The number of rotatable bonds is 6. The first-order valence-electron chi connectivity index (χ1n) is 10.6. The van der Waals surface area contributed by atoms with Gasteiger partial charge in [0.15, 0.2) is 11.0 Å². The van der Waals surface area contributed by atoms with Crippen LogP contribution >= 0.6 is 23.2 Å². The van der Waals surface area contributed by atoms with E-state index in [1.165, 1.54) is 6.33 Å². The van der Waals surface area contributed by atoms with Crippen molar-refractivity contribution in [1.82, 2.24) is 19.9 Å². The molecule has 1 atom stereocenters. The Morgan fingerprint density at radius 3 is 2.70 bits per heavy atom. The summed E-state index contributed by atoms with van der Waals surface area (Å²) in [6.07, 6.45) is 4.54. The zero-order chi connectivity index (χ0) is 23.4. The number of nitrogens with zero attached hydrogens (tertiary/aromatic N) is 4. The molecular weight excluding hydrogens is 466 g/mol. The van der Waals surface area contributed by atoms with E-state index in [4.69, 9.17) is 23.2 Å². The predicted octanol–water partition coefficient (Wildman–Crippen LogP) is 5.21. The van der Waals surface area contributed by atoms with Gasteiger partial charge in [-0.25, -0.2) is 19.3 Å². The summed E-state index contributed by atoms with van der Waals surface area (Å²) in [6, 6.07) is 10.3. The maximum absolute atomic E-state index is 14.3. The van der Waals surface area contributed by atoms with Crippen molar-refractivity contribution in [2.24, 2.45) is 0 Å². The van der Waals surface area contributed by atoms with Gasteiger partial charge >= 0.3 is 0 Å². The van der Waals surface area contributed by atoms with Crippen LogP contribution in [0, 0.1) is 5.82 Å². The topological polar surface area (TPSA) is 83.0 Å². The van der Waals surface area contributed by atoms with Crippen molar-refractivity contribution in [3.63, 3.8) is 0 Å². The van der Waals surface area contributed by atoms with Gasteiger partial charge in [0.25, 0.3) is 5.91 Å². The van der Waals surface area contributed by atoms with E-state index in [0.717, 1.165) is 25.9 Å². The van der Waals surface area contributed by atoms with Crippen LogP contribution in [0.4, 0.5) is 15.9 Å². The third-order valence-corrected chi connectivity index (χ3v) is 6.22. The van der Waals surface area contributed by atoms with Crippen LogP contribution in [0.15, 0.2) is 48.9 Å². The number of benzene rings is 1. The molecule has 0 saturated carbocycles. The molecule has 1 aliphatic heterocycles. The van der Waals surface area contributed by atoms with Crippen molar-refractivity contribution in [2.45, 2.75) is 31.8 Å². The molecule has 1 saturated heterocycles. The molecule has 1 aliphatic rings. The van der Waals surface area contributed by atoms with Gasteiger partial charge in [-0.2, -0.15) is 0 Å². The van der Waals surface area contributed by atoms with Gasteiger partial charge in [0.05, 0.1) is 17.3 Å². The van der Waals surface area contributed by atoms with Crippen molar-refractivity contribution in [2.75, 3.05) is 23.7 Å². The van der Waals surface area contributed by atoms with E-state index in [2.05, 4.69) is 30.5 Å². The van der Waals surface area contributed by atoms with Crippen molar-refractivity contribution in [3.8, 4) is 0 Å². The predicted molar refractivity (Wildman–Crippen MR) is 127 cm³/mol. The van der Waals surface area contributed by atoms with Crippen LogP contribution in [-0.4, -0.2) is 44.9 Å². The second-order valence-corrected chi connectivity index (χ2v) is 8.65. The lowest BCUT2D eigenvalue weighted by Gasteiger charge is -2.36. The molecule has 1 unspecified atom stereocenters. The lowest BCUT2D eigenvalue weighted by Crippen LogP contribution is -2.41. The highest BCUT2D eigenvalue weighted by Gasteiger charge is 2.27. The largest absolute Gasteiger partial charge is 0.367 e. The van der Waals surface area contributed by atoms with Crippen LogP contribution in [0.1, 0.15) is 41.9 Å². The molecule has 3 aromatic rings. The van der Waals surface area contributed by atoms with Gasteiger partial charge in [-0.05, 0) is 50.1 Å². The van der Waals surface area contributed by atoms with Crippen LogP contribution in [0.5, 0.6) is 0 Å².